The molecule has 2 aromatic rings. The molecule has 0 fully saturated rings. The molecule has 0 aliphatic heterocycles. The molecule has 3 nitrogen and oxygen atoms in total. The lowest BCUT2D eigenvalue weighted by Crippen LogP contribution is -2.21. The summed E-state index contributed by atoms with van der Waals surface area (Å²) in [6.07, 6.45) is 1.26. The third-order valence-electron chi connectivity index (χ3n) is 3.61. The second-order valence-electron chi connectivity index (χ2n) is 5.01. The Labute approximate surface area is 126 Å². The minimum Gasteiger partial charge on any atom is -0.496 e. The third-order valence-corrected chi connectivity index (χ3v) is 3.61. The molecule has 0 heterocycles. The zero-order valence-electron chi connectivity index (χ0n) is 12.5. The van der Waals surface area contributed by atoms with E-state index in [-0.39, 0.29) is 11.8 Å². The Bertz CT molecular complexity index is 581. The molecule has 0 aromatic heterocycles. The topological polar surface area (TPSA) is 38.3 Å². The van der Waals surface area contributed by atoms with Crippen LogP contribution in [0.1, 0.15) is 23.5 Å². The van der Waals surface area contributed by atoms with Gasteiger partial charge in [0.15, 0.2) is 0 Å². The van der Waals surface area contributed by atoms with Crippen LogP contribution in [0.3, 0.4) is 0 Å². The Balaban J connectivity index is 2.29. The number of rotatable bonds is 6. The number of amides is 1. The van der Waals surface area contributed by atoms with E-state index in [9.17, 15) is 4.79 Å². The monoisotopic (exact) mass is 283 g/mol. The molecule has 3 heteroatoms. The largest absolute Gasteiger partial charge is 0.496 e. The standard InChI is InChI=1S/C18H21NO2/c1-19-18(20)13-15(12-14-8-4-3-5-9-14)16-10-6-7-11-17(16)21-2/h3-11,15H,12-13H2,1-2H3,(H,19,20)/t15-/m1/s1. The maximum atomic E-state index is 11.8. The van der Waals surface area contributed by atoms with Gasteiger partial charge in [-0.1, -0.05) is 48.5 Å². The molecule has 1 amide bonds. The normalized spacial score (nSPS) is 11.7. The summed E-state index contributed by atoms with van der Waals surface area (Å²) < 4.78 is 5.45. The summed E-state index contributed by atoms with van der Waals surface area (Å²) in [6, 6.07) is 18.1. The van der Waals surface area contributed by atoms with Gasteiger partial charge in [0.05, 0.1) is 7.11 Å². The SMILES string of the molecule is CNC(=O)C[C@@H](Cc1ccccc1)c1ccccc1OC. The first kappa shape index (κ1) is 15.1. The van der Waals surface area contributed by atoms with Crippen molar-refractivity contribution in [3.05, 3.63) is 65.7 Å². The number of methoxy groups -OCH3 is 1. The highest BCUT2D eigenvalue weighted by molar-refractivity contribution is 5.76. The Morgan fingerprint density at radius 1 is 1.10 bits per heavy atom. The van der Waals surface area contributed by atoms with E-state index in [1.54, 1.807) is 14.2 Å². The zero-order valence-corrected chi connectivity index (χ0v) is 12.5. The van der Waals surface area contributed by atoms with Gasteiger partial charge in [0.1, 0.15) is 5.75 Å². The van der Waals surface area contributed by atoms with Crippen LogP contribution in [-0.4, -0.2) is 20.1 Å². The van der Waals surface area contributed by atoms with Crippen molar-refractivity contribution >= 4 is 5.91 Å². The van der Waals surface area contributed by atoms with E-state index in [1.807, 2.05) is 42.5 Å². The molecule has 1 atom stereocenters. The van der Waals surface area contributed by atoms with E-state index < -0.39 is 0 Å². The van der Waals surface area contributed by atoms with Crippen LogP contribution in [0.25, 0.3) is 0 Å². The predicted octanol–water partition coefficient (Wildman–Crippen LogP) is 3.16. The Kier molecular flexibility index (Phi) is 5.38. The second-order valence-corrected chi connectivity index (χ2v) is 5.01. The Hall–Kier alpha value is -2.29. The van der Waals surface area contributed by atoms with Gasteiger partial charge >= 0.3 is 0 Å². The maximum absolute atomic E-state index is 11.8. The first-order valence-electron chi connectivity index (χ1n) is 7.12. The minimum atomic E-state index is 0.0434. The summed E-state index contributed by atoms with van der Waals surface area (Å²) in [5.74, 6) is 0.979. The van der Waals surface area contributed by atoms with Gasteiger partial charge in [0.2, 0.25) is 5.91 Å². The van der Waals surface area contributed by atoms with E-state index in [0.717, 1.165) is 17.7 Å². The molecule has 1 N–H and O–H groups in total. The molecule has 2 aromatic carbocycles. The number of carbonyl (C=O) groups is 1. The van der Waals surface area contributed by atoms with Crippen molar-refractivity contribution in [2.75, 3.05) is 14.2 Å². The first-order chi connectivity index (χ1) is 10.2. The molecule has 21 heavy (non-hydrogen) atoms. The van der Waals surface area contributed by atoms with Crippen molar-refractivity contribution in [1.29, 1.82) is 0 Å². The summed E-state index contributed by atoms with van der Waals surface area (Å²) in [5.41, 5.74) is 2.30. The highest BCUT2D eigenvalue weighted by Crippen LogP contribution is 2.31. The van der Waals surface area contributed by atoms with Crippen LogP contribution in [0, 0.1) is 0 Å². The minimum absolute atomic E-state index is 0.0434. The fraction of sp³-hybridized carbons (Fsp3) is 0.278. The van der Waals surface area contributed by atoms with Gasteiger partial charge in [-0.25, -0.2) is 0 Å². The lowest BCUT2D eigenvalue weighted by molar-refractivity contribution is -0.121. The smallest absolute Gasteiger partial charge is 0.220 e. The average Bonchev–Trinajstić information content (AvgIpc) is 2.55. The van der Waals surface area contributed by atoms with Gasteiger partial charge < -0.3 is 10.1 Å². The number of ether oxygens (including phenoxy) is 1. The molecule has 0 radical (unpaired) electrons. The molecule has 0 unspecified atom stereocenters. The summed E-state index contributed by atoms with van der Waals surface area (Å²) in [4.78, 5) is 11.8. The molecule has 0 aliphatic carbocycles. The van der Waals surface area contributed by atoms with Crippen molar-refractivity contribution in [2.45, 2.75) is 18.8 Å². The van der Waals surface area contributed by atoms with Crippen molar-refractivity contribution in [1.82, 2.24) is 5.32 Å². The molecule has 2 rings (SSSR count). The van der Waals surface area contributed by atoms with Crippen LogP contribution in [0.4, 0.5) is 0 Å². The van der Waals surface area contributed by atoms with Gasteiger partial charge in [-0.3, -0.25) is 4.79 Å². The van der Waals surface area contributed by atoms with Gasteiger partial charge in [-0.05, 0) is 23.6 Å². The van der Waals surface area contributed by atoms with E-state index in [1.165, 1.54) is 5.56 Å². The number of hydrogen-bond donors (Lipinski definition) is 1. The van der Waals surface area contributed by atoms with Gasteiger partial charge in [-0.2, -0.15) is 0 Å². The van der Waals surface area contributed by atoms with E-state index in [4.69, 9.17) is 4.74 Å². The second kappa shape index (κ2) is 7.48. The van der Waals surface area contributed by atoms with E-state index in [2.05, 4.69) is 17.4 Å². The van der Waals surface area contributed by atoms with Crippen LogP contribution in [0.15, 0.2) is 54.6 Å². The van der Waals surface area contributed by atoms with Gasteiger partial charge in [0, 0.05) is 19.4 Å². The van der Waals surface area contributed by atoms with Crippen LogP contribution < -0.4 is 10.1 Å². The van der Waals surface area contributed by atoms with Crippen molar-refractivity contribution in [3.63, 3.8) is 0 Å². The zero-order chi connectivity index (χ0) is 15.1. The maximum Gasteiger partial charge on any atom is 0.220 e. The van der Waals surface area contributed by atoms with Crippen LogP contribution in [0.2, 0.25) is 0 Å². The van der Waals surface area contributed by atoms with E-state index in [0.29, 0.717) is 6.42 Å². The van der Waals surface area contributed by atoms with Crippen molar-refractivity contribution < 1.29 is 9.53 Å². The number of nitrogens with one attached hydrogen (secondary N) is 1. The van der Waals surface area contributed by atoms with Crippen LogP contribution in [-0.2, 0) is 11.2 Å². The molecular weight excluding hydrogens is 262 g/mol. The van der Waals surface area contributed by atoms with Crippen LogP contribution >= 0.6 is 0 Å². The fourth-order valence-corrected chi connectivity index (χ4v) is 2.52. The Morgan fingerprint density at radius 3 is 2.43 bits per heavy atom. The average molecular weight is 283 g/mol. The molecule has 0 saturated heterocycles. The fourth-order valence-electron chi connectivity index (χ4n) is 2.52. The summed E-state index contributed by atoms with van der Waals surface area (Å²) in [5, 5.41) is 2.71. The van der Waals surface area contributed by atoms with Crippen molar-refractivity contribution in [2.24, 2.45) is 0 Å². The summed E-state index contributed by atoms with van der Waals surface area (Å²) in [6.45, 7) is 0. The summed E-state index contributed by atoms with van der Waals surface area (Å²) >= 11 is 0. The number of carbonyl (C=O) groups excluding carboxylic acids is 1. The molecule has 0 bridgehead atoms. The molecule has 110 valence electrons. The van der Waals surface area contributed by atoms with Crippen LogP contribution in [0.5, 0.6) is 5.75 Å². The third kappa shape index (κ3) is 4.09. The van der Waals surface area contributed by atoms with E-state index >= 15 is 0 Å². The molecule has 0 aliphatic rings. The number of para-hydroxylation sites is 1. The lowest BCUT2D eigenvalue weighted by atomic mass is 9.88. The highest BCUT2D eigenvalue weighted by atomic mass is 16.5. The van der Waals surface area contributed by atoms with Gasteiger partial charge in [0.25, 0.3) is 0 Å². The predicted molar refractivity (Wildman–Crippen MR) is 84.6 cm³/mol. The lowest BCUT2D eigenvalue weighted by Gasteiger charge is -2.19. The molecule has 0 spiro atoms. The first-order valence-corrected chi connectivity index (χ1v) is 7.12. The Morgan fingerprint density at radius 2 is 1.76 bits per heavy atom. The molecule has 0 saturated carbocycles. The highest BCUT2D eigenvalue weighted by Gasteiger charge is 2.19. The number of benzene rings is 2. The quantitative estimate of drug-likeness (QED) is 0.884. The van der Waals surface area contributed by atoms with Gasteiger partial charge in [-0.15, -0.1) is 0 Å². The van der Waals surface area contributed by atoms with Crippen molar-refractivity contribution in [3.8, 4) is 5.75 Å². The number of hydrogen-bond acceptors (Lipinski definition) is 2. The molecular formula is C18H21NO2. The summed E-state index contributed by atoms with van der Waals surface area (Å²) in [7, 11) is 3.34.